The topological polar surface area (TPSA) is 82.6 Å². The molecule has 1 fully saturated rings. The van der Waals surface area contributed by atoms with E-state index in [1.807, 2.05) is 25.1 Å². The minimum atomic E-state index is -0.958. The Kier molecular flexibility index (Phi) is 6.66. The number of hydrogen-bond acceptors (Lipinski definition) is 7. The number of likely N-dealkylation sites (tertiary alicyclic amines) is 1. The molecular formula is C27H39FN6O2. The number of benzene rings is 1. The van der Waals surface area contributed by atoms with E-state index >= 15 is 0 Å². The van der Waals surface area contributed by atoms with Gasteiger partial charge in [-0.3, -0.25) is 9.69 Å². The van der Waals surface area contributed by atoms with Crippen molar-refractivity contribution >= 4 is 29.0 Å². The molecule has 0 aliphatic carbocycles. The zero-order valence-corrected chi connectivity index (χ0v) is 22.7. The lowest BCUT2D eigenvalue weighted by molar-refractivity contribution is -0.132. The van der Waals surface area contributed by atoms with Gasteiger partial charge < -0.3 is 20.3 Å². The first-order valence-corrected chi connectivity index (χ1v) is 12.7. The number of carbonyl (C=O) groups excluding carboxylic acids is 1. The number of halogens is 1. The summed E-state index contributed by atoms with van der Waals surface area (Å²) in [7, 11) is 2.14. The lowest BCUT2D eigenvalue weighted by Gasteiger charge is -2.53. The van der Waals surface area contributed by atoms with Crippen molar-refractivity contribution in [1.82, 2.24) is 14.9 Å². The van der Waals surface area contributed by atoms with Gasteiger partial charge in [0.25, 0.3) is 5.91 Å². The first kappa shape index (κ1) is 26.1. The normalized spacial score (nSPS) is 21.0. The molecule has 2 N–H and O–H groups in total. The summed E-state index contributed by atoms with van der Waals surface area (Å²) < 4.78 is 20.7. The van der Waals surface area contributed by atoms with Crippen molar-refractivity contribution in [3.05, 3.63) is 30.2 Å². The number of piperidine rings is 1. The molecule has 196 valence electrons. The van der Waals surface area contributed by atoms with E-state index in [9.17, 15) is 9.18 Å². The Labute approximate surface area is 213 Å². The Morgan fingerprint density at radius 2 is 1.81 bits per heavy atom. The maximum absolute atomic E-state index is 14.7. The predicted octanol–water partition coefficient (Wildman–Crippen LogP) is 5.34. The summed E-state index contributed by atoms with van der Waals surface area (Å²) in [6.07, 6.45) is 3.75. The first-order valence-electron chi connectivity index (χ1n) is 12.7. The van der Waals surface area contributed by atoms with Crippen molar-refractivity contribution in [3.63, 3.8) is 0 Å². The summed E-state index contributed by atoms with van der Waals surface area (Å²) in [5, 5.41) is 6.49. The number of nitrogens with one attached hydrogen (secondary N) is 2. The Bertz CT molecular complexity index is 1130. The van der Waals surface area contributed by atoms with E-state index < -0.39 is 11.4 Å². The molecule has 0 atom stereocenters. The monoisotopic (exact) mass is 498 g/mol. The van der Waals surface area contributed by atoms with E-state index in [4.69, 9.17) is 4.74 Å². The van der Waals surface area contributed by atoms with Crippen LogP contribution < -0.4 is 20.3 Å². The highest BCUT2D eigenvalue weighted by Gasteiger charge is 2.43. The quantitative estimate of drug-likeness (QED) is 0.557. The second-order valence-corrected chi connectivity index (χ2v) is 11.7. The molecule has 2 aliphatic heterocycles. The Hall–Kier alpha value is -2.94. The second-order valence-electron chi connectivity index (χ2n) is 11.7. The zero-order chi connectivity index (χ0) is 26.5. The summed E-state index contributed by atoms with van der Waals surface area (Å²) in [6, 6.07) is 5.60. The minimum absolute atomic E-state index is 0.0338. The summed E-state index contributed by atoms with van der Waals surface area (Å²) in [5.41, 5.74) is 0.401. The van der Waals surface area contributed by atoms with Crippen LogP contribution in [0.4, 0.5) is 27.5 Å². The molecule has 0 spiro atoms. The zero-order valence-electron chi connectivity index (χ0n) is 22.7. The molecule has 1 amide bonds. The molecule has 1 aromatic carbocycles. The maximum atomic E-state index is 14.7. The first-order chi connectivity index (χ1) is 16.7. The van der Waals surface area contributed by atoms with E-state index in [1.165, 1.54) is 6.20 Å². The van der Waals surface area contributed by atoms with Crippen molar-refractivity contribution in [2.45, 2.75) is 90.4 Å². The fourth-order valence-corrected chi connectivity index (χ4v) is 5.42. The third-order valence-electron chi connectivity index (χ3n) is 7.47. The lowest BCUT2D eigenvalue weighted by atomic mass is 9.77. The van der Waals surface area contributed by atoms with Gasteiger partial charge in [0.2, 0.25) is 5.95 Å². The number of ether oxygens (including phenoxy) is 1. The molecule has 9 heteroatoms. The Morgan fingerprint density at radius 3 is 2.44 bits per heavy atom. The molecule has 2 aromatic rings. The van der Waals surface area contributed by atoms with Gasteiger partial charge in [-0.05, 0) is 80.0 Å². The van der Waals surface area contributed by atoms with E-state index in [2.05, 4.69) is 60.2 Å². The van der Waals surface area contributed by atoms with E-state index in [0.29, 0.717) is 18.0 Å². The molecular weight excluding hydrogens is 459 g/mol. The lowest BCUT2D eigenvalue weighted by Crippen LogP contribution is -2.61. The molecule has 36 heavy (non-hydrogen) atoms. The Morgan fingerprint density at radius 1 is 1.14 bits per heavy atom. The highest BCUT2D eigenvalue weighted by molar-refractivity contribution is 6.02. The van der Waals surface area contributed by atoms with Gasteiger partial charge in [-0.1, -0.05) is 6.92 Å². The van der Waals surface area contributed by atoms with E-state index in [-0.39, 0.29) is 34.8 Å². The van der Waals surface area contributed by atoms with E-state index in [1.54, 1.807) is 18.7 Å². The van der Waals surface area contributed by atoms with Gasteiger partial charge in [0.15, 0.2) is 17.2 Å². The molecule has 1 saturated heterocycles. The fourth-order valence-electron chi connectivity index (χ4n) is 5.42. The molecule has 0 saturated carbocycles. The molecule has 4 rings (SSSR count). The standard InChI is InChI=1S/C27H39FN6O2/c1-9-12-34-20-11-10-17(13-21(20)36-27(6,7)23(34)35)31-24-29-16-19(28)22(32-24)30-18-14-25(2,3)33(8)26(4,5)15-18/h10-11,13,16,18H,9,12,14-15H2,1-8H3,(H2,29,30,31,32). The summed E-state index contributed by atoms with van der Waals surface area (Å²) >= 11 is 0. The molecule has 3 heterocycles. The largest absolute Gasteiger partial charge is 0.476 e. The van der Waals surface area contributed by atoms with Crippen LogP contribution in [-0.4, -0.2) is 57.1 Å². The average Bonchev–Trinajstić information content (AvgIpc) is 2.77. The predicted molar refractivity (Wildman–Crippen MR) is 142 cm³/mol. The minimum Gasteiger partial charge on any atom is -0.476 e. The summed E-state index contributed by atoms with van der Waals surface area (Å²) in [4.78, 5) is 25.6. The van der Waals surface area contributed by atoms with Crippen LogP contribution in [0.15, 0.2) is 24.4 Å². The van der Waals surface area contributed by atoms with Crippen LogP contribution in [0.3, 0.4) is 0 Å². The highest BCUT2D eigenvalue weighted by atomic mass is 19.1. The van der Waals surface area contributed by atoms with Crippen molar-refractivity contribution in [2.75, 3.05) is 29.1 Å². The third-order valence-corrected chi connectivity index (χ3v) is 7.47. The second kappa shape index (κ2) is 9.18. The van der Waals surface area contributed by atoms with Crippen LogP contribution in [0.1, 0.15) is 67.7 Å². The van der Waals surface area contributed by atoms with Gasteiger partial charge in [-0.15, -0.1) is 0 Å². The van der Waals surface area contributed by atoms with Crippen LogP contribution in [0, 0.1) is 5.82 Å². The average molecular weight is 499 g/mol. The number of amides is 1. The van der Waals surface area contributed by atoms with Crippen molar-refractivity contribution in [1.29, 1.82) is 0 Å². The number of carbonyl (C=O) groups is 1. The number of anilines is 4. The molecule has 8 nitrogen and oxygen atoms in total. The molecule has 0 unspecified atom stereocenters. The van der Waals surface area contributed by atoms with Crippen LogP contribution in [0.2, 0.25) is 0 Å². The molecule has 2 aliphatic rings. The molecule has 1 aromatic heterocycles. The Balaban J connectivity index is 1.55. The maximum Gasteiger partial charge on any atom is 0.270 e. The number of fused-ring (bicyclic) bond motifs is 1. The van der Waals surface area contributed by atoms with Crippen LogP contribution in [0.5, 0.6) is 5.75 Å². The highest BCUT2D eigenvalue weighted by Crippen LogP contribution is 2.40. The van der Waals surface area contributed by atoms with Gasteiger partial charge in [0, 0.05) is 35.4 Å². The van der Waals surface area contributed by atoms with Crippen molar-refractivity contribution < 1.29 is 13.9 Å². The van der Waals surface area contributed by atoms with Gasteiger partial charge in [0.05, 0.1) is 11.9 Å². The van der Waals surface area contributed by atoms with Gasteiger partial charge in [0.1, 0.15) is 5.75 Å². The SMILES string of the molecule is CCCN1C(=O)C(C)(C)Oc2cc(Nc3ncc(F)c(NC4CC(C)(C)N(C)C(C)(C)C4)n3)ccc21. The van der Waals surface area contributed by atoms with Crippen LogP contribution in [0.25, 0.3) is 0 Å². The number of rotatable bonds is 6. The number of nitrogens with zero attached hydrogens (tertiary/aromatic N) is 4. The fraction of sp³-hybridized carbons (Fsp3) is 0.593. The van der Waals surface area contributed by atoms with E-state index in [0.717, 1.165) is 24.9 Å². The number of aromatic nitrogens is 2. The van der Waals surface area contributed by atoms with Gasteiger partial charge >= 0.3 is 0 Å². The van der Waals surface area contributed by atoms with Crippen LogP contribution >= 0.6 is 0 Å². The van der Waals surface area contributed by atoms with Crippen LogP contribution in [-0.2, 0) is 4.79 Å². The summed E-state index contributed by atoms with van der Waals surface area (Å²) in [5.74, 6) is 0.523. The smallest absolute Gasteiger partial charge is 0.270 e. The van der Waals surface area contributed by atoms with Crippen molar-refractivity contribution in [3.8, 4) is 5.75 Å². The van der Waals surface area contributed by atoms with Crippen molar-refractivity contribution in [2.24, 2.45) is 0 Å². The molecule has 0 bridgehead atoms. The molecule has 0 radical (unpaired) electrons. The summed E-state index contributed by atoms with van der Waals surface area (Å²) in [6.45, 7) is 15.0. The third kappa shape index (κ3) is 4.98. The van der Waals surface area contributed by atoms with Gasteiger partial charge in [-0.2, -0.15) is 4.98 Å². The van der Waals surface area contributed by atoms with Gasteiger partial charge in [-0.25, -0.2) is 9.37 Å². The number of hydrogen-bond donors (Lipinski definition) is 2.